The van der Waals surface area contributed by atoms with Gasteiger partial charge in [0.15, 0.2) is 0 Å². The number of aromatic nitrogens is 2. The van der Waals surface area contributed by atoms with Gasteiger partial charge in [-0.05, 0) is 79.1 Å². The molecule has 0 spiro atoms. The molecule has 0 amide bonds. The van der Waals surface area contributed by atoms with E-state index in [2.05, 4.69) is 5.10 Å². The van der Waals surface area contributed by atoms with Crippen LogP contribution in [0.3, 0.4) is 0 Å². The number of hydrogen-bond donors (Lipinski definition) is 0. The largest absolute Gasteiger partial charge is 0.243 e. The number of rotatable bonds is 3. The van der Waals surface area contributed by atoms with Gasteiger partial charge in [-0.3, -0.25) is 0 Å². The van der Waals surface area contributed by atoms with Crippen LogP contribution in [0.4, 0.5) is 8.78 Å². The van der Waals surface area contributed by atoms with Crippen molar-refractivity contribution in [2.75, 3.05) is 13.1 Å². The van der Waals surface area contributed by atoms with Crippen LogP contribution in [0.15, 0.2) is 59.6 Å². The van der Waals surface area contributed by atoms with Crippen LogP contribution in [-0.4, -0.2) is 35.6 Å². The number of sulfonamides is 1. The predicted molar refractivity (Wildman–Crippen MR) is 108 cm³/mol. The van der Waals surface area contributed by atoms with Gasteiger partial charge in [-0.2, -0.15) is 9.40 Å². The van der Waals surface area contributed by atoms with Crippen molar-refractivity contribution in [3.05, 3.63) is 77.6 Å². The minimum absolute atomic E-state index is 0.00146. The van der Waals surface area contributed by atoms with Gasteiger partial charge in [0.2, 0.25) is 10.0 Å². The van der Waals surface area contributed by atoms with E-state index < -0.39 is 15.8 Å². The Morgan fingerprint density at radius 1 is 0.967 bits per heavy atom. The number of benzene rings is 2. The van der Waals surface area contributed by atoms with Crippen LogP contribution in [-0.2, 0) is 22.9 Å². The molecule has 1 aliphatic heterocycles. The van der Waals surface area contributed by atoms with Crippen molar-refractivity contribution in [2.24, 2.45) is 11.8 Å². The molecule has 2 aliphatic rings. The summed E-state index contributed by atoms with van der Waals surface area (Å²) in [7, 11) is -3.72. The molecule has 156 valence electrons. The first-order valence-electron chi connectivity index (χ1n) is 9.99. The Balaban J connectivity index is 1.39. The Hall–Kier alpha value is -2.58. The summed E-state index contributed by atoms with van der Waals surface area (Å²) in [5.74, 6) is -0.291. The van der Waals surface area contributed by atoms with E-state index >= 15 is 0 Å². The molecule has 1 fully saturated rings. The second kappa shape index (κ2) is 7.28. The molecule has 8 heteroatoms. The fraction of sp³-hybridized carbons (Fsp3) is 0.318. The molecule has 2 heterocycles. The molecule has 1 aromatic heterocycles. The van der Waals surface area contributed by atoms with Crippen molar-refractivity contribution in [1.29, 1.82) is 0 Å². The summed E-state index contributed by atoms with van der Waals surface area (Å²) >= 11 is 0. The molecular formula is C22H21F2N3O2S. The van der Waals surface area contributed by atoms with Gasteiger partial charge in [-0.1, -0.05) is 6.07 Å². The SMILES string of the molecule is O=S(=O)(c1cccc(F)c1)N1CC[C@H]2Cc3c(cnn3-c3ccc(F)cc3)C[C@H]2C1. The lowest BCUT2D eigenvalue weighted by molar-refractivity contribution is 0.171. The van der Waals surface area contributed by atoms with E-state index in [1.165, 1.54) is 34.6 Å². The van der Waals surface area contributed by atoms with Crippen LogP contribution in [0.2, 0.25) is 0 Å². The number of fused-ring (bicyclic) bond motifs is 2. The quantitative estimate of drug-likeness (QED) is 0.640. The number of hydrogen-bond acceptors (Lipinski definition) is 3. The number of piperidine rings is 1. The van der Waals surface area contributed by atoms with E-state index in [-0.39, 0.29) is 16.6 Å². The predicted octanol–water partition coefficient (Wildman–Crippen LogP) is 3.58. The van der Waals surface area contributed by atoms with Gasteiger partial charge in [0, 0.05) is 18.8 Å². The Bertz CT molecular complexity index is 1190. The molecular weight excluding hydrogens is 408 g/mol. The van der Waals surface area contributed by atoms with Crippen molar-refractivity contribution in [1.82, 2.24) is 14.1 Å². The molecule has 1 saturated heterocycles. The van der Waals surface area contributed by atoms with Crippen molar-refractivity contribution in [2.45, 2.75) is 24.2 Å². The minimum atomic E-state index is -3.72. The van der Waals surface area contributed by atoms with Crippen LogP contribution < -0.4 is 0 Å². The highest BCUT2D eigenvalue weighted by atomic mass is 32.2. The van der Waals surface area contributed by atoms with E-state index in [0.29, 0.717) is 19.0 Å². The van der Waals surface area contributed by atoms with Gasteiger partial charge < -0.3 is 0 Å². The normalized spacial score (nSPS) is 21.8. The molecule has 2 atom stereocenters. The van der Waals surface area contributed by atoms with E-state index in [1.54, 1.807) is 12.1 Å². The van der Waals surface area contributed by atoms with Gasteiger partial charge in [-0.15, -0.1) is 0 Å². The maximum absolute atomic E-state index is 13.6. The monoisotopic (exact) mass is 429 g/mol. The zero-order valence-corrected chi connectivity index (χ0v) is 17.0. The maximum Gasteiger partial charge on any atom is 0.243 e. The maximum atomic E-state index is 13.6. The van der Waals surface area contributed by atoms with Crippen molar-refractivity contribution in [3.8, 4) is 5.69 Å². The fourth-order valence-electron chi connectivity index (χ4n) is 4.67. The first kappa shape index (κ1) is 19.4. The third-order valence-corrected chi connectivity index (χ3v) is 8.11. The standard InChI is InChI=1S/C22H21F2N3O2S/c23-18-4-6-20(7-5-18)27-22-11-15-8-9-26(14-17(15)10-16(22)13-25-27)30(28,29)21-3-1-2-19(24)12-21/h1-7,12-13,15,17H,8-11,14H2/t15-,17-/m0/s1. The Kier molecular flexibility index (Phi) is 4.71. The first-order valence-corrected chi connectivity index (χ1v) is 11.4. The summed E-state index contributed by atoms with van der Waals surface area (Å²) in [5.41, 5.74) is 3.04. The second-order valence-electron chi connectivity index (χ2n) is 8.04. The highest BCUT2D eigenvalue weighted by molar-refractivity contribution is 7.89. The van der Waals surface area contributed by atoms with Crippen LogP contribution in [0, 0.1) is 23.5 Å². The van der Waals surface area contributed by atoms with E-state index in [4.69, 9.17) is 0 Å². The average Bonchev–Trinajstić information content (AvgIpc) is 3.15. The lowest BCUT2D eigenvalue weighted by Gasteiger charge is -2.40. The summed E-state index contributed by atoms with van der Waals surface area (Å²) in [6.45, 7) is 0.838. The highest BCUT2D eigenvalue weighted by Crippen LogP contribution is 2.38. The Morgan fingerprint density at radius 2 is 1.77 bits per heavy atom. The summed E-state index contributed by atoms with van der Waals surface area (Å²) in [6, 6.07) is 11.4. The molecule has 0 saturated carbocycles. The van der Waals surface area contributed by atoms with Crippen LogP contribution in [0.5, 0.6) is 0 Å². The van der Waals surface area contributed by atoms with Gasteiger partial charge in [0.05, 0.1) is 16.8 Å². The summed E-state index contributed by atoms with van der Waals surface area (Å²) in [5, 5.41) is 4.50. The lowest BCUT2D eigenvalue weighted by atomic mass is 9.75. The summed E-state index contributed by atoms with van der Waals surface area (Å²) < 4.78 is 56.1. The summed E-state index contributed by atoms with van der Waals surface area (Å²) in [6.07, 6.45) is 4.13. The van der Waals surface area contributed by atoms with E-state index in [1.807, 2.05) is 10.9 Å². The Labute approximate surface area is 174 Å². The van der Waals surface area contributed by atoms with Gasteiger partial charge in [0.25, 0.3) is 0 Å². The van der Waals surface area contributed by atoms with Crippen molar-refractivity contribution in [3.63, 3.8) is 0 Å². The molecule has 3 aromatic rings. The minimum Gasteiger partial charge on any atom is -0.238 e. The third kappa shape index (κ3) is 3.33. The second-order valence-corrected chi connectivity index (χ2v) is 9.98. The molecule has 0 unspecified atom stereocenters. The van der Waals surface area contributed by atoms with Crippen LogP contribution >= 0.6 is 0 Å². The highest BCUT2D eigenvalue weighted by Gasteiger charge is 2.39. The van der Waals surface area contributed by atoms with E-state index in [0.717, 1.165) is 42.3 Å². The molecule has 0 radical (unpaired) electrons. The number of halogens is 2. The topological polar surface area (TPSA) is 55.2 Å². The molecule has 0 N–H and O–H groups in total. The zero-order chi connectivity index (χ0) is 20.9. The molecule has 5 rings (SSSR count). The first-order chi connectivity index (χ1) is 14.4. The lowest BCUT2D eigenvalue weighted by Crippen LogP contribution is -2.46. The third-order valence-electron chi connectivity index (χ3n) is 6.25. The number of nitrogens with zero attached hydrogens (tertiary/aromatic N) is 3. The van der Waals surface area contributed by atoms with Gasteiger partial charge in [0.1, 0.15) is 11.6 Å². The smallest absolute Gasteiger partial charge is 0.238 e. The summed E-state index contributed by atoms with van der Waals surface area (Å²) in [4.78, 5) is 0.00146. The molecule has 0 bridgehead atoms. The van der Waals surface area contributed by atoms with Crippen LogP contribution in [0.1, 0.15) is 17.7 Å². The van der Waals surface area contributed by atoms with Crippen LogP contribution in [0.25, 0.3) is 5.69 Å². The average molecular weight is 429 g/mol. The van der Waals surface area contributed by atoms with Crippen molar-refractivity contribution >= 4 is 10.0 Å². The Morgan fingerprint density at radius 3 is 2.53 bits per heavy atom. The van der Waals surface area contributed by atoms with Gasteiger partial charge in [-0.25, -0.2) is 21.9 Å². The van der Waals surface area contributed by atoms with E-state index in [9.17, 15) is 17.2 Å². The molecule has 2 aromatic carbocycles. The molecule has 30 heavy (non-hydrogen) atoms. The van der Waals surface area contributed by atoms with Crippen molar-refractivity contribution < 1.29 is 17.2 Å². The fourth-order valence-corrected chi connectivity index (χ4v) is 6.22. The van der Waals surface area contributed by atoms with Gasteiger partial charge >= 0.3 is 0 Å². The molecule has 1 aliphatic carbocycles. The molecule has 5 nitrogen and oxygen atoms in total. The zero-order valence-electron chi connectivity index (χ0n) is 16.2.